The normalized spacial score (nSPS) is 14.0. The highest BCUT2D eigenvalue weighted by molar-refractivity contribution is 7.00. The molecule has 168 valence electrons. The van der Waals surface area contributed by atoms with Crippen molar-refractivity contribution in [3.8, 4) is 5.82 Å². The van der Waals surface area contributed by atoms with Crippen LogP contribution in [0.4, 0.5) is 5.69 Å². The fourth-order valence-corrected chi connectivity index (χ4v) is 7.38. The van der Waals surface area contributed by atoms with Gasteiger partial charge in [0.05, 0.1) is 17.7 Å². The summed E-state index contributed by atoms with van der Waals surface area (Å²) in [7, 11) is 0.163. The predicted octanol–water partition coefficient (Wildman–Crippen LogP) is 5.18. The molecule has 4 nitrogen and oxygen atoms in total. The number of pyridine rings is 1. The van der Waals surface area contributed by atoms with Crippen molar-refractivity contribution in [3.05, 3.63) is 104 Å². The van der Waals surface area contributed by atoms with E-state index in [9.17, 15) is 0 Å². The monoisotopic (exact) mass is 460 g/mol. The number of hydrogen-bond acceptors (Lipinski definition) is 3. The van der Waals surface area contributed by atoms with Crippen LogP contribution in [0, 0.1) is 0 Å². The van der Waals surface area contributed by atoms with Gasteiger partial charge in [-0.3, -0.25) is 4.57 Å². The predicted molar refractivity (Wildman–Crippen MR) is 146 cm³/mol. The Hall–Kier alpha value is -3.83. The van der Waals surface area contributed by atoms with Crippen LogP contribution in [0.15, 0.2) is 104 Å². The summed E-state index contributed by atoms with van der Waals surface area (Å²) in [6.07, 6.45) is 6.15. The zero-order valence-corrected chi connectivity index (χ0v) is 20.8. The van der Waals surface area contributed by atoms with E-state index < -0.39 is 8.07 Å². The molecule has 0 spiro atoms. The number of hydrogen-bond donors (Lipinski definition) is 0. The van der Waals surface area contributed by atoms with Crippen molar-refractivity contribution in [3.63, 3.8) is 0 Å². The molecule has 5 aromatic rings. The molecule has 0 bridgehead atoms. The van der Waals surface area contributed by atoms with Crippen molar-refractivity contribution in [2.24, 2.45) is 0 Å². The standard InChI is InChI=1S/C29H28N4Si/c1-31-17-18-32(21-31)22-9-8-10-23(19-22)34(2,3)24-14-15-26-25-11-4-5-12-27(25)33(28(26)20-24)29-13-6-7-16-30-29/h4-20H,21H2,1-3H3. The van der Waals surface area contributed by atoms with Gasteiger partial charge in [0.15, 0.2) is 0 Å². The average Bonchev–Trinajstić information content (AvgIpc) is 3.45. The van der Waals surface area contributed by atoms with Crippen LogP contribution in [-0.2, 0) is 0 Å². The largest absolute Gasteiger partial charge is 0.361 e. The van der Waals surface area contributed by atoms with E-state index in [2.05, 4.69) is 126 Å². The maximum atomic E-state index is 4.69. The van der Waals surface area contributed by atoms with Gasteiger partial charge >= 0.3 is 0 Å². The highest BCUT2D eigenvalue weighted by atomic mass is 28.3. The molecular formula is C29H28N4Si. The Morgan fingerprint density at radius 1 is 0.735 bits per heavy atom. The van der Waals surface area contributed by atoms with Crippen molar-refractivity contribution in [2.45, 2.75) is 13.1 Å². The summed E-state index contributed by atoms with van der Waals surface area (Å²) in [6, 6.07) is 30.9. The van der Waals surface area contributed by atoms with Crippen molar-refractivity contribution < 1.29 is 0 Å². The summed E-state index contributed by atoms with van der Waals surface area (Å²) in [5.74, 6) is 0.956. The number of nitrogens with zero attached hydrogens (tertiary/aromatic N) is 4. The fraction of sp³-hybridized carbons (Fsp3) is 0.138. The van der Waals surface area contributed by atoms with Crippen LogP contribution in [0.5, 0.6) is 0 Å². The maximum absolute atomic E-state index is 4.69. The van der Waals surface area contributed by atoms with Gasteiger partial charge in [0.2, 0.25) is 0 Å². The number of benzene rings is 3. The molecule has 6 rings (SSSR count). The Bertz CT molecular complexity index is 1530. The highest BCUT2D eigenvalue weighted by Crippen LogP contribution is 2.31. The Kier molecular flexibility index (Phi) is 4.81. The third-order valence-corrected chi connectivity index (χ3v) is 10.6. The Morgan fingerprint density at radius 3 is 2.32 bits per heavy atom. The molecule has 0 radical (unpaired) electrons. The molecule has 5 heteroatoms. The van der Waals surface area contributed by atoms with E-state index in [4.69, 9.17) is 4.98 Å². The van der Waals surface area contributed by atoms with E-state index in [1.165, 1.54) is 37.9 Å². The number of rotatable bonds is 4. The van der Waals surface area contributed by atoms with E-state index in [0.29, 0.717) is 0 Å². The van der Waals surface area contributed by atoms with E-state index in [1.807, 2.05) is 12.3 Å². The molecule has 0 saturated carbocycles. The molecule has 0 N–H and O–H groups in total. The third-order valence-electron chi connectivity index (χ3n) is 7.05. The first-order valence-electron chi connectivity index (χ1n) is 11.7. The average molecular weight is 461 g/mol. The molecule has 3 heterocycles. The van der Waals surface area contributed by atoms with Gasteiger partial charge in [-0.25, -0.2) is 4.98 Å². The first kappa shape index (κ1) is 20.8. The second kappa shape index (κ2) is 7.89. The number of aromatic nitrogens is 2. The minimum Gasteiger partial charge on any atom is -0.361 e. The van der Waals surface area contributed by atoms with Gasteiger partial charge < -0.3 is 9.80 Å². The highest BCUT2D eigenvalue weighted by Gasteiger charge is 2.28. The minimum atomic E-state index is -1.94. The molecule has 1 aliphatic heterocycles. The van der Waals surface area contributed by atoms with Crippen LogP contribution in [-0.4, -0.2) is 36.2 Å². The smallest absolute Gasteiger partial charge is 0.137 e. The molecule has 2 aromatic heterocycles. The van der Waals surface area contributed by atoms with E-state index in [-0.39, 0.29) is 0 Å². The lowest BCUT2D eigenvalue weighted by atomic mass is 10.1. The molecule has 0 fully saturated rings. The van der Waals surface area contributed by atoms with Gasteiger partial charge in [-0.15, -0.1) is 0 Å². The van der Waals surface area contributed by atoms with Crippen molar-refractivity contribution in [1.29, 1.82) is 0 Å². The van der Waals surface area contributed by atoms with Gasteiger partial charge in [0, 0.05) is 42.1 Å². The molecule has 0 unspecified atom stereocenters. The zero-order valence-electron chi connectivity index (χ0n) is 19.8. The lowest BCUT2D eigenvalue weighted by molar-refractivity contribution is 0.496. The summed E-state index contributed by atoms with van der Waals surface area (Å²) in [5, 5.41) is 5.40. The minimum absolute atomic E-state index is 0.890. The van der Waals surface area contributed by atoms with E-state index in [1.54, 1.807) is 0 Å². The second-order valence-electron chi connectivity index (χ2n) is 9.61. The molecular weight excluding hydrogens is 432 g/mol. The fourth-order valence-electron chi connectivity index (χ4n) is 5.03. The van der Waals surface area contributed by atoms with Crippen molar-refractivity contribution in [2.75, 3.05) is 18.6 Å². The molecule has 1 aliphatic rings. The van der Waals surface area contributed by atoms with Crippen LogP contribution in [0.25, 0.3) is 27.6 Å². The summed E-state index contributed by atoms with van der Waals surface area (Å²) in [5.41, 5.74) is 3.67. The van der Waals surface area contributed by atoms with Crippen LogP contribution >= 0.6 is 0 Å². The summed E-state index contributed by atoms with van der Waals surface area (Å²) in [4.78, 5) is 9.19. The van der Waals surface area contributed by atoms with Crippen LogP contribution in [0.2, 0.25) is 13.1 Å². The molecule has 0 aliphatic carbocycles. The van der Waals surface area contributed by atoms with Gasteiger partial charge in [0.25, 0.3) is 0 Å². The third kappa shape index (κ3) is 3.32. The zero-order chi connectivity index (χ0) is 23.3. The Morgan fingerprint density at radius 2 is 1.53 bits per heavy atom. The summed E-state index contributed by atoms with van der Waals surface area (Å²) >= 11 is 0. The Balaban J connectivity index is 1.51. The van der Waals surface area contributed by atoms with E-state index in [0.717, 1.165) is 12.5 Å². The summed E-state index contributed by atoms with van der Waals surface area (Å²) < 4.78 is 2.31. The lowest BCUT2D eigenvalue weighted by Crippen LogP contribution is -2.53. The lowest BCUT2D eigenvalue weighted by Gasteiger charge is -2.26. The van der Waals surface area contributed by atoms with Crippen molar-refractivity contribution in [1.82, 2.24) is 14.5 Å². The quantitative estimate of drug-likeness (QED) is 0.345. The van der Waals surface area contributed by atoms with Gasteiger partial charge in [-0.05, 0) is 36.4 Å². The van der Waals surface area contributed by atoms with Crippen molar-refractivity contribution >= 4 is 45.9 Å². The van der Waals surface area contributed by atoms with Crippen LogP contribution < -0.4 is 15.3 Å². The van der Waals surface area contributed by atoms with Gasteiger partial charge in [-0.1, -0.05) is 72.0 Å². The van der Waals surface area contributed by atoms with Gasteiger partial charge in [-0.2, -0.15) is 0 Å². The number of anilines is 1. The molecule has 0 atom stereocenters. The van der Waals surface area contributed by atoms with E-state index >= 15 is 0 Å². The molecule has 34 heavy (non-hydrogen) atoms. The maximum Gasteiger partial charge on any atom is 0.137 e. The topological polar surface area (TPSA) is 24.3 Å². The first-order chi connectivity index (χ1) is 16.5. The second-order valence-corrected chi connectivity index (χ2v) is 14.0. The van der Waals surface area contributed by atoms with Gasteiger partial charge in [0.1, 0.15) is 13.9 Å². The first-order valence-corrected chi connectivity index (χ1v) is 14.7. The van der Waals surface area contributed by atoms with Crippen LogP contribution in [0.3, 0.4) is 0 Å². The van der Waals surface area contributed by atoms with Crippen LogP contribution in [0.1, 0.15) is 0 Å². The molecule has 0 amide bonds. The number of fused-ring (bicyclic) bond motifs is 3. The Labute approximate surface area is 201 Å². The number of para-hydroxylation sites is 1. The molecule has 0 saturated heterocycles. The summed E-state index contributed by atoms with van der Waals surface area (Å²) in [6.45, 7) is 5.79. The molecule has 3 aromatic carbocycles. The SMILES string of the molecule is CN1C=CN(c2cccc([Si](C)(C)c3ccc4c5ccccc5n(-c5ccccn5)c4c3)c2)C1.